The van der Waals surface area contributed by atoms with Crippen LogP contribution in [0.4, 0.5) is 0 Å². The fourth-order valence-corrected chi connectivity index (χ4v) is 3.09. The Hall–Kier alpha value is -2.15. The number of amides is 1. The van der Waals surface area contributed by atoms with E-state index in [-0.39, 0.29) is 24.0 Å². The summed E-state index contributed by atoms with van der Waals surface area (Å²) >= 11 is 0. The highest BCUT2D eigenvalue weighted by atomic mass is 16.3. The summed E-state index contributed by atoms with van der Waals surface area (Å²) in [7, 11) is 1.86. The summed E-state index contributed by atoms with van der Waals surface area (Å²) in [4.78, 5) is 12.3. The molecule has 7 nitrogen and oxygen atoms in total. The van der Waals surface area contributed by atoms with Crippen LogP contribution in [0.3, 0.4) is 0 Å². The van der Waals surface area contributed by atoms with Crippen molar-refractivity contribution in [2.24, 2.45) is 13.0 Å². The van der Waals surface area contributed by atoms with E-state index in [1.165, 1.54) is 0 Å². The average molecular weight is 317 g/mol. The molecule has 0 aromatic carbocycles. The van der Waals surface area contributed by atoms with Crippen LogP contribution in [0, 0.1) is 5.92 Å². The summed E-state index contributed by atoms with van der Waals surface area (Å²) in [5.74, 6) is 0.329. The average Bonchev–Trinajstić information content (AvgIpc) is 3.13. The third kappa shape index (κ3) is 3.98. The first-order valence-corrected chi connectivity index (χ1v) is 8.05. The summed E-state index contributed by atoms with van der Waals surface area (Å²) in [6, 6.07) is -0.0616. The number of nitrogens with zero attached hydrogens (tertiary/aromatic N) is 3. The Morgan fingerprint density at radius 1 is 1.52 bits per heavy atom. The van der Waals surface area contributed by atoms with Crippen LogP contribution in [0.2, 0.25) is 0 Å². The molecule has 2 heterocycles. The van der Waals surface area contributed by atoms with E-state index in [4.69, 9.17) is 0 Å². The molecule has 2 aromatic heterocycles. The second-order valence-electron chi connectivity index (χ2n) is 6.34. The minimum Gasteiger partial charge on any atom is -0.393 e. The zero-order valence-electron chi connectivity index (χ0n) is 13.3. The maximum Gasteiger partial charge on any atom is 0.220 e. The predicted molar refractivity (Wildman–Crippen MR) is 84.3 cm³/mol. The number of carbonyl (C=O) groups is 1. The zero-order chi connectivity index (χ0) is 16.2. The van der Waals surface area contributed by atoms with Crippen molar-refractivity contribution in [2.45, 2.75) is 44.2 Å². The Morgan fingerprint density at radius 2 is 2.35 bits per heavy atom. The Balaban J connectivity index is 1.54. The molecule has 0 unspecified atom stereocenters. The Kier molecular flexibility index (Phi) is 4.76. The molecule has 0 radical (unpaired) electrons. The van der Waals surface area contributed by atoms with Gasteiger partial charge >= 0.3 is 0 Å². The van der Waals surface area contributed by atoms with Gasteiger partial charge in [0.25, 0.3) is 0 Å². The molecule has 3 N–H and O–H groups in total. The van der Waals surface area contributed by atoms with Crippen molar-refractivity contribution in [1.29, 1.82) is 0 Å². The van der Waals surface area contributed by atoms with Gasteiger partial charge in [-0.2, -0.15) is 10.2 Å². The fourth-order valence-electron chi connectivity index (χ4n) is 3.09. The molecule has 124 valence electrons. The molecule has 1 amide bonds. The number of rotatable bonds is 7. The van der Waals surface area contributed by atoms with Crippen LogP contribution in [0.25, 0.3) is 0 Å². The van der Waals surface area contributed by atoms with Gasteiger partial charge < -0.3 is 10.4 Å². The van der Waals surface area contributed by atoms with Crippen LogP contribution in [-0.2, 0) is 18.3 Å². The predicted octanol–water partition coefficient (Wildman–Crippen LogP) is 1.09. The molecule has 0 aliphatic heterocycles. The van der Waals surface area contributed by atoms with Crippen LogP contribution in [0.5, 0.6) is 0 Å². The third-order valence-electron chi connectivity index (χ3n) is 4.45. The van der Waals surface area contributed by atoms with Crippen molar-refractivity contribution in [3.63, 3.8) is 0 Å². The Morgan fingerprint density at radius 3 is 2.96 bits per heavy atom. The van der Waals surface area contributed by atoms with Gasteiger partial charge in [-0.15, -0.1) is 0 Å². The Bertz CT molecular complexity index is 631. The van der Waals surface area contributed by atoms with E-state index in [9.17, 15) is 9.90 Å². The van der Waals surface area contributed by atoms with Gasteiger partial charge in [-0.1, -0.05) is 0 Å². The highest BCUT2D eigenvalue weighted by Gasteiger charge is 2.36. The van der Waals surface area contributed by atoms with Gasteiger partial charge in [0.15, 0.2) is 0 Å². The molecule has 1 aliphatic rings. The van der Waals surface area contributed by atoms with E-state index >= 15 is 0 Å². The van der Waals surface area contributed by atoms with Gasteiger partial charge in [-0.25, -0.2) is 0 Å². The van der Waals surface area contributed by atoms with Gasteiger partial charge in [-0.3, -0.25) is 14.6 Å². The van der Waals surface area contributed by atoms with Gasteiger partial charge in [0.1, 0.15) is 0 Å². The molecule has 1 saturated carbocycles. The number of nitrogens with one attached hydrogen (secondary N) is 2. The lowest BCUT2D eigenvalue weighted by Gasteiger charge is -2.37. The number of aromatic nitrogens is 4. The largest absolute Gasteiger partial charge is 0.393 e. The second-order valence-corrected chi connectivity index (χ2v) is 6.34. The van der Waals surface area contributed by atoms with Crippen molar-refractivity contribution in [2.75, 3.05) is 0 Å². The third-order valence-corrected chi connectivity index (χ3v) is 4.45. The SMILES string of the molecule is Cn1cc([C@@H](NC(=O)CCCc2cn[nH]c2)C2CC(O)C2)cn1. The molecule has 0 bridgehead atoms. The highest BCUT2D eigenvalue weighted by molar-refractivity contribution is 5.76. The minimum absolute atomic E-state index is 0.0451. The van der Waals surface area contributed by atoms with Gasteiger partial charge in [0.2, 0.25) is 5.91 Å². The number of carbonyl (C=O) groups excluding carboxylic acids is 1. The monoisotopic (exact) mass is 317 g/mol. The number of aromatic amines is 1. The summed E-state index contributed by atoms with van der Waals surface area (Å²) in [5.41, 5.74) is 2.12. The maximum absolute atomic E-state index is 12.3. The fraction of sp³-hybridized carbons (Fsp3) is 0.562. The van der Waals surface area contributed by atoms with E-state index < -0.39 is 0 Å². The first-order chi connectivity index (χ1) is 11.1. The lowest BCUT2D eigenvalue weighted by atomic mass is 9.75. The summed E-state index contributed by atoms with van der Waals surface area (Å²) in [5, 5.41) is 23.5. The highest BCUT2D eigenvalue weighted by Crippen LogP contribution is 2.38. The molecule has 7 heteroatoms. The van der Waals surface area contributed by atoms with Gasteiger partial charge in [-0.05, 0) is 37.2 Å². The molecule has 1 fully saturated rings. The van der Waals surface area contributed by atoms with E-state index in [1.807, 2.05) is 19.4 Å². The zero-order valence-corrected chi connectivity index (χ0v) is 13.3. The first-order valence-electron chi connectivity index (χ1n) is 8.05. The number of aliphatic hydroxyl groups excluding tert-OH is 1. The topological polar surface area (TPSA) is 95.8 Å². The normalized spacial score (nSPS) is 21.7. The lowest BCUT2D eigenvalue weighted by molar-refractivity contribution is -0.123. The number of hydrogen-bond donors (Lipinski definition) is 3. The number of hydrogen-bond acceptors (Lipinski definition) is 4. The van der Waals surface area contributed by atoms with Crippen molar-refractivity contribution in [1.82, 2.24) is 25.3 Å². The van der Waals surface area contributed by atoms with E-state index in [0.717, 1.165) is 36.8 Å². The molecular formula is C16H23N5O2. The molecular weight excluding hydrogens is 294 g/mol. The summed E-state index contributed by atoms with van der Waals surface area (Å²) in [6.07, 6.45) is 10.7. The maximum atomic E-state index is 12.3. The molecule has 2 aromatic rings. The molecule has 1 atom stereocenters. The molecule has 0 spiro atoms. The van der Waals surface area contributed by atoms with Crippen LogP contribution in [0.15, 0.2) is 24.8 Å². The first kappa shape index (κ1) is 15.7. The van der Waals surface area contributed by atoms with E-state index in [0.29, 0.717) is 6.42 Å². The summed E-state index contributed by atoms with van der Waals surface area (Å²) in [6.45, 7) is 0. The molecule has 23 heavy (non-hydrogen) atoms. The quantitative estimate of drug-likeness (QED) is 0.712. The molecule has 1 aliphatic carbocycles. The minimum atomic E-state index is -0.239. The molecule has 0 saturated heterocycles. The van der Waals surface area contributed by atoms with Crippen LogP contribution in [-0.4, -0.2) is 37.1 Å². The van der Waals surface area contributed by atoms with E-state index in [1.54, 1.807) is 17.1 Å². The van der Waals surface area contributed by atoms with Crippen molar-refractivity contribution < 1.29 is 9.90 Å². The van der Waals surface area contributed by atoms with E-state index in [2.05, 4.69) is 20.6 Å². The smallest absolute Gasteiger partial charge is 0.220 e. The number of aliphatic hydroxyl groups is 1. The van der Waals surface area contributed by atoms with Crippen LogP contribution < -0.4 is 5.32 Å². The second kappa shape index (κ2) is 6.95. The summed E-state index contributed by atoms with van der Waals surface area (Å²) < 4.78 is 1.74. The van der Waals surface area contributed by atoms with Crippen molar-refractivity contribution >= 4 is 5.91 Å². The number of H-pyrrole nitrogens is 1. The van der Waals surface area contributed by atoms with Crippen molar-refractivity contribution in [3.05, 3.63) is 35.9 Å². The number of aryl methyl sites for hydroxylation is 2. The van der Waals surface area contributed by atoms with Gasteiger partial charge in [0, 0.05) is 31.4 Å². The van der Waals surface area contributed by atoms with Gasteiger partial charge in [0.05, 0.1) is 24.5 Å². The van der Waals surface area contributed by atoms with Crippen LogP contribution >= 0.6 is 0 Å². The van der Waals surface area contributed by atoms with Crippen LogP contribution in [0.1, 0.15) is 42.9 Å². The standard InChI is InChI=1S/C16H23N5O2/c1-21-10-13(9-19-21)16(12-5-14(22)6-12)20-15(23)4-2-3-11-7-17-18-8-11/h7-10,12,14,16,22H,2-6H2,1H3,(H,17,18)(H,20,23)/t12?,14?,16-/m0/s1. The Labute approximate surface area is 135 Å². The van der Waals surface area contributed by atoms with Crippen molar-refractivity contribution in [3.8, 4) is 0 Å². The lowest BCUT2D eigenvalue weighted by Crippen LogP contribution is -2.41. The molecule has 3 rings (SSSR count).